The Kier molecular flexibility index (Phi) is 5.96. The number of benzene rings is 2. The summed E-state index contributed by atoms with van der Waals surface area (Å²) < 4.78 is 19.4. The number of para-hydroxylation sites is 2. The number of rotatable bonds is 6. The second-order valence-electron chi connectivity index (χ2n) is 5.76. The quantitative estimate of drug-likeness (QED) is 0.522. The number of halogens is 1. The van der Waals surface area contributed by atoms with Crippen LogP contribution in [0.2, 0.25) is 0 Å². The predicted octanol–water partition coefficient (Wildman–Crippen LogP) is 3.84. The van der Waals surface area contributed by atoms with E-state index >= 15 is 0 Å². The number of aromatic nitrogens is 2. The van der Waals surface area contributed by atoms with E-state index in [1.165, 1.54) is 22.9 Å². The monoisotopic (exact) mass is 379 g/mol. The number of anilines is 1. The molecule has 3 aromatic rings. The molecular formula is C21H18FN3O3. The average molecular weight is 379 g/mol. The van der Waals surface area contributed by atoms with Crippen molar-refractivity contribution in [3.8, 4) is 5.69 Å². The van der Waals surface area contributed by atoms with E-state index in [4.69, 9.17) is 4.74 Å². The van der Waals surface area contributed by atoms with Crippen molar-refractivity contribution in [1.82, 2.24) is 9.78 Å². The van der Waals surface area contributed by atoms with Crippen molar-refractivity contribution >= 4 is 23.6 Å². The first-order valence-corrected chi connectivity index (χ1v) is 8.63. The number of carbonyl (C=O) groups excluding carboxylic acids is 2. The minimum Gasteiger partial charge on any atom is -0.461 e. The molecule has 0 bridgehead atoms. The molecule has 0 saturated heterocycles. The number of hydrogen-bond donors (Lipinski definition) is 1. The van der Waals surface area contributed by atoms with Crippen LogP contribution in [0.3, 0.4) is 0 Å². The normalized spacial score (nSPS) is 10.8. The molecule has 0 saturated carbocycles. The van der Waals surface area contributed by atoms with Gasteiger partial charge in [-0.3, -0.25) is 4.79 Å². The number of nitrogens with zero attached hydrogens (tertiary/aromatic N) is 2. The molecule has 28 heavy (non-hydrogen) atoms. The van der Waals surface area contributed by atoms with E-state index < -0.39 is 5.97 Å². The summed E-state index contributed by atoms with van der Waals surface area (Å²) in [4.78, 5) is 24.1. The zero-order valence-electron chi connectivity index (χ0n) is 15.1. The van der Waals surface area contributed by atoms with Crippen LogP contribution in [0.1, 0.15) is 23.0 Å². The molecule has 1 heterocycles. The van der Waals surface area contributed by atoms with Crippen LogP contribution in [0.4, 0.5) is 10.1 Å². The van der Waals surface area contributed by atoms with Crippen molar-refractivity contribution in [2.75, 3.05) is 11.9 Å². The van der Waals surface area contributed by atoms with Crippen LogP contribution in [0.15, 0.2) is 66.9 Å². The summed E-state index contributed by atoms with van der Waals surface area (Å²) in [6.07, 6.45) is 4.56. The topological polar surface area (TPSA) is 73.2 Å². The van der Waals surface area contributed by atoms with Crippen molar-refractivity contribution in [1.29, 1.82) is 0 Å². The molecule has 0 aliphatic carbocycles. The van der Waals surface area contributed by atoms with Crippen LogP contribution >= 0.6 is 0 Å². The van der Waals surface area contributed by atoms with Crippen molar-refractivity contribution in [3.05, 3.63) is 83.9 Å². The first kappa shape index (κ1) is 19.0. The van der Waals surface area contributed by atoms with Gasteiger partial charge in [-0.25, -0.2) is 13.9 Å². The van der Waals surface area contributed by atoms with Crippen LogP contribution in [-0.2, 0) is 9.53 Å². The summed E-state index contributed by atoms with van der Waals surface area (Å²) in [7, 11) is 0. The molecule has 3 rings (SSSR count). The van der Waals surface area contributed by atoms with Gasteiger partial charge in [-0.2, -0.15) is 5.10 Å². The van der Waals surface area contributed by atoms with Crippen molar-refractivity contribution in [2.24, 2.45) is 0 Å². The lowest BCUT2D eigenvalue weighted by molar-refractivity contribution is -0.111. The highest BCUT2D eigenvalue weighted by Crippen LogP contribution is 2.20. The Morgan fingerprint density at radius 2 is 1.89 bits per heavy atom. The van der Waals surface area contributed by atoms with E-state index in [1.54, 1.807) is 61.7 Å². The molecule has 0 radical (unpaired) electrons. The highest BCUT2D eigenvalue weighted by molar-refractivity contribution is 6.03. The Morgan fingerprint density at radius 3 is 2.64 bits per heavy atom. The van der Waals surface area contributed by atoms with E-state index in [1.807, 2.05) is 0 Å². The fourth-order valence-electron chi connectivity index (χ4n) is 2.47. The van der Waals surface area contributed by atoms with Gasteiger partial charge in [0.2, 0.25) is 5.91 Å². The van der Waals surface area contributed by atoms with E-state index in [9.17, 15) is 14.0 Å². The number of ether oxygens (including phenoxy) is 1. The van der Waals surface area contributed by atoms with Gasteiger partial charge in [0.25, 0.3) is 0 Å². The van der Waals surface area contributed by atoms with Crippen molar-refractivity contribution in [2.45, 2.75) is 6.92 Å². The van der Waals surface area contributed by atoms with Gasteiger partial charge in [0.05, 0.1) is 18.0 Å². The molecular weight excluding hydrogens is 361 g/mol. The van der Waals surface area contributed by atoms with E-state index in [0.717, 1.165) is 0 Å². The van der Waals surface area contributed by atoms with Crippen LogP contribution in [0, 0.1) is 5.82 Å². The first-order chi connectivity index (χ1) is 13.6. The third-order valence-electron chi connectivity index (χ3n) is 3.78. The molecule has 7 heteroatoms. The molecule has 0 spiro atoms. The third-order valence-corrected chi connectivity index (χ3v) is 3.78. The maximum atomic E-state index is 12.9. The molecule has 1 N–H and O–H groups in total. The van der Waals surface area contributed by atoms with Gasteiger partial charge in [-0.1, -0.05) is 24.3 Å². The van der Waals surface area contributed by atoms with Crippen LogP contribution < -0.4 is 5.32 Å². The van der Waals surface area contributed by atoms with Gasteiger partial charge in [-0.15, -0.1) is 0 Å². The number of esters is 1. The first-order valence-electron chi connectivity index (χ1n) is 8.63. The molecule has 0 aliphatic rings. The molecule has 2 aromatic carbocycles. The number of hydrogen-bond acceptors (Lipinski definition) is 4. The molecule has 1 aromatic heterocycles. The molecule has 6 nitrogen and oxygen atoms in total. The van der Waals surface area contributed by atoms with Gasteiger partial charge in [0, 0.05) is 12.3 Å². The molecule has 0 atom stereocenters. The lowest BCUT2D eigenvalue weighted by Crippen LogP contribution is -2.11. The van der Waals surface area contributed by atoms with Crippen molar-refractivity contribution < 1.29 is 18.7 Å². The second-order valence-corrected chi connectivity index (χ2v) is 5.76. The summed E-state index contributed by atoms with van der Waals surface area (Å²) in [6, 6.07) is 14.4. The van der Waals surface area contributed by atoms with Crippen molar-refractivity contribution in [3.63, 3.8) is 0 Å². The second kappa shape index (κ2) is 8.77. The molecule has 0 unspecified atom stereocenters. The lowest BCUT2D eigenvalue weighted by Gasteiger charge is -2.09. The Morgan fingerprint density at radius 1 is 1.14 bits per heavy atom. The van der Waals surface area contributed by atoms with Gasteiger partial charge >= 0.3 is 5.97 Å². The highest BCUT2D eigenvalue weighted by Gasteiger charge is 2.13. The maximum Gasteiger partial charge on any atom is 0.358 e. The highest BCUT2D eigenvalue weighted by atomic mass is 19.1. The SMILES string of the molecule is CCOC(=O)c1ccn(-c2ccccc2NC(=O)C=Cc2ccc(F)cc2)n1. The van der Waals surface area contributed by atoms with E-state index in [2.05, 4.69) is 10.4 Å². The molecule has 0 fully saturated rings. The fourth-order valence-corrected chi connectivity index (χ4v) is 2.47. The molecule has 142 valence electrons. The number of nitrogens with one attached hydrogen (secondary N) is 1. The van der Waals surface area contributed by atoms with Gasteiger partial charge in [-0.05, 0) is 48.9 Å². The predicted molar refractivity (Wildman–Crippen MR) is 104 cm³/mol. The summed E-state index contributed by atoms with van der Waals surface area (Å²) in [5.41, 5.74) is 2.01. The largest absolute Gasteiger partial charge is 0.461 e. The minimum atomic E-state index is -0.509. The standard InChI is InChI=1S/C21H18FN3O3/c1-2-28-21(27)18-13-14-25(24-18)19-6-4-3-5-17(19)23-20(26)12-9-15-7-10-16(22)11-8-15/h3-14H,2H2,1H3,(H,23,26). The maximum absolute atomic E-state index is 12.9. The number of amides is 1. The van der Waals surface area contributed by atoms with Gasteiger partial charge < -0.3 is 10.1 Å². The minimum absolute atomic E-state index is 0.180. The summed E-state index contributed by atoms with van der Waals surface area (Å²) in [6.45, 7) is 1.98. The molecule has 0 aliphatic heterocycles. The molecule has 1 amide bonds. The van der Waals surface area contributed by atoms with Crippen LogP contribution in [0.5, 0.6) is 0 Å². The van der Waals surface area contributed by atoms with E-state index in [-0.39, 0.29) is 24.0 Å². The van der Waals surface area contributed by atoms with Crippen LogP contribution in [-0.4, -0.2) is 28.3 Å². The zero-order chi connectivity index (χ0) is 19.9. The lowest BCUT2D eigenvalue weighted by atomic mass is 10.2. The van der Waals surface area contributed by atoms with E-state index in [0.29, 0.717) is 16.9 Å². The summed E-state index contributed by atoms with van der Waals surface area (Å²) in [5, 5.41) is 6.98. The number of carbonyl (C=O) groups is 2. The third kappa shape index (κ3) is 4.70. The smallest absolute Gasteiger partial charge is 0.358 e. The summed E-state index contributed by atoms with van der Waals surface area (Å²) >= 11 is 0. The summed E-state index contributed by atoms with van der Waals surface area (Å²) in [5.74, 6) is -1.20. The Balaban J connectivity index is 1.76. The van der Waals surface area contributed by atoms with Crippen LogP contribution in [0.25, 0.3) is 11.8 Å². The van der Waals surface area contributed by atoms with Gasteiger partial charge in [0.15, 0.2) is 5.69 Å². The Labute approximate surface area is 161 Å². The Bertz CT molecular complexity index is 1010. The average Bonchev–Trinajstić information content (AvgIpc) is 3.18. The fraction of sp³-hybridized carbons (Fsp3) is 0.0952. The zero-order valence-corrected chi connectivity index (χ0v) is 15.1. The van der Waals surface area contributed by atoms with Gasteiger partial charge in [0.1, 0.15) is 5.82 Å². The Hall–Kier alpha value is -3.74.